The number of nitrogens with zero attached hydrogens (tertiary/aromatic N) is 3. The third-order valence-electron chi connectivity index (χ3n) is 7.32. The van der Waals surface area contributed by atoms with Crippen molar-refractivity contribution in [1.29, 1.82) is 0 Å². The molecule has 0 saturated carbocycles. The number of thioether (sulfide) groups is 1. The lowest BCUT2D eigenvalue weighted by Crippen LogP contribution is -2.31. The molecule has 0 saturated heterocycles. The molecular formula is C32H26FN3O8S2. The highest BCUT2D eigenvalue weighted by Gasteiger charge is 2.47. The Bertz CT molecular complexity index is 1980. The lowest BCUT2D eigenvalue weighted by atomic mass is 9.94. The van der Waals surface area contributed by atoms with E-state index in [1.54, 1.807) is 48.5 Å². The van der Waals surface area contributed by atoms with Gasteiger partial charge in [-0.15, -0.1) is 10.2 Å². The molecule has 1 aliphatic rings. The van der Waals surface area contributed by atoms with Gasteiger partial charge in [-0.25, -0.2) is 4.39 Å². The molecule has 236 valence electrons. The first-order valence-electron chi connectivity index (χ1n) is 13.7. The maximum absolute atomic E-state index is 14.2. The number of carbonyl (C=O) groups is 2. The van der Waals surface area contributed by atoms with Crippen LogP contribution in [0.15, 0.2) is 80.8 Å². The molecule has 0 fully saturated rings. The Morgan fingerprint density at radius 1 is 0.978 bits per heavy atom. The zero-order valence-electron chi connectivity index (χ0n) is 24.9. The van der Waals surface area contributed by atoms with Crippen LogP contribution in [0.5, 0.6) is 23.0 Å². The number of rotatable bonds is 11. The van der Waals surface area contributed by atoms with E-state index in [1.165, 1.54) is 57.2 Å². The maximum Gasteiger partial charge on any atom is 0.296 e. The number of amides is 1. The van der Waals surface area contributed by atoms with E-state index in [1.807, 2.05) is 0 Å². The minimum Gasteiger partial charge on any atom is -0.503 e. The molecule has 0 aliphatic carbocycles. The van der Waals surface area contributed by atoms with Gasteiger partial charge < -0.3 is 28.5 Å². The monoisotopic (exact) mass is 663 g/mol. The minimum absolute atomic E-state index is 0.0976. The fourth-order valence-corrected chi connectivity index (χ4v) is 7.02. The SMILES string of the molecule is COc1cc(C2C(C(=O)c3cc4cccc(OC)c4o3)=C(O)C(=O)N2c2nnc(SCc3ccccc3F)s2)cc(OC)c1OC. The highest BCUT2D eigenvalue weighted by Crippen LogP contribution is 2.48. The van der Waals surface area contributed by atoms with Crippen molar-refractivity contribution in [2.75, 3.05) is 33.3 Å². The lowest BCUT2D eigenvalue weighted by molar-refractivity contribution is -0.117. The van der Waals surface area contributed by atoms with Gasteiger partial charge in [0.15, 0.2) is 38.7 Å². The van der Waals surface area contributed by atoms with Crippen LogP contribution in [0.4, 0.5) is 9.52 Å². The predicted octanol–water partition coefficient (Wildman–Crippen LogP) is 6.53. The summed E-state index contributed by atoms with van der Waals surface area (Å²) in [5.41, 5.74) is 0.902. The highest BCUT2D eigenvalue weighted by atomic mass is 32.2. The van der Waals surface area contributed by atoms with Gasteiger partial charge >= 0.3 is 0 Å². The van der Waals surface area contributed by atoms with Crippen molar-refractivity contribution in [3.8, 4) is 23.0 Å². The fourth-order valence-electron chi connectivity index (χ4n) is 5.16. The van der Waals surface area contributed by atoms with Crippen molar-refractivity contribution in [1.82, 2.24) is 10.2 Å². The molecule has 1 atom stereocenters. The van der Waals surface area contributed by atoms with Crippen molar-refractivity contribution < 1.29 is 42.5 Å². The number of hydrogen-bond donors (Lipinski definition) is 1. The Balaban J connectivity index is 1.45. The van der Waals surface area contributed by atoms with E-state index in [2.05, 4.69) is 10.2 Å². The fraction of sp³-hybridized carbons (Fsp3) is 0.188. The molecule has 1 N–H and O–H groups in total. The second-order valence-corrected chi connectivity index (χ2v) is 12.0. The number of carbonyl (C=O) groups excluding carboxylic acids is 2. The third kappa shape index (κ3) is 5.39. The van der Waals surface area contributed by atoms with Gasteiger partial charge in [-0.2, -0.15) is 0 Å². The molecule has 1 aliphatic heterocycles. The number of ether oxygens (including phenoxy) is 4. The number of fused-ring (bicyclic) bond motifs is 1. The number of Topliss-reactive ketones (excluding diaryl/α,β-unsaturated/α-hetero) is 1. The average Bonchev–Trinajstić information content (AvgIpc) is 3.79. The first-order valence-corrected chi connectivity index (χ1v) is 15.5. The number of para-hydroxylation sites is 1. The third-order valence-corrected chi connectivity index (χ3v) is 9.42. The van der Waals surface area contributed by atoms with Gasteiger partial charge in [0.1, 0.15) is 5.82 Å². The molecule has 1 unspecified atom stereocenters. The van der Waals surface area contributed by atoms with Crippen LogP contribution in [-0.4, -0.2) is 55.4 Å². The smallest absolute Gasteiger partial charge is 0.296 e. The summed E-state index contributed by atoms with van der Waals surface area (Å²) in [5, 5.41) is 20.4. The number of anilines is 1. The average molecular weight is 664 g/mol. The Morgan fingerprint density at radius 2 is 1.70 bits per heavy atom. The summed E-state index contributed by atoms with van der Waals surface area (Å²) in [4.78, 5) is 29.1. The van der Waals surface area contributed by atoms with Gasteiger partial charge in [0.05, 0.1) is 40.1 Å². The van der Waals surface area contributed by atoms with Crippen LogP contribution in [-0.2, 0) is 10.5 Å². The lowest BCUT2D eigenvalue weighted by Gasteiger charge is -2.25. The van der Waals surface area contributed by atoms with Crippen LogP contribution in [0.25, 0.3) is 11.0 Å². The Hall–Kier alpha value is -5.08. The summed E-state index contributed by atoms with van der Waals surface area (Å²) >= 11 is 2.29. The molecule has 3 aromatic carbocycles. The number of hydrogen-bond acceptors (Lipinski definition) is 12. The second-order valence-electron chi connectivity index (χ2n) is 9.85. The topological polar surface area (TPSA) is 133 Å². The van der Waals surface area contributed by atoms with Crippen molar-refractivity contribution in [2.24, 2.45) is 0 Å². The summed E-state index contributed by atoms with van der Waals surface area (Å²) in [5.74, 6) is -1.37. The number of aliphatic hydroxyl groups is 1. The second kappa shape index (κ2) is 12.7. The standard InChI is InChI=1S/C32H26FN3O8S2/c1-40-20-11-7-9-16-12-21(44-28(16)20)26(37)24-25(18-13-22(41-2)29(43-4)23(14-18)42-3)36(30(39)27(24)38)31-34-35-32(46-31)45-15-17-8-5-6-10-19(17)33/h5-14,25,38H,15H2,1-4H3. The molecule has 14 heteroatoms. The van der Waals surface area contributed by atoms with E-state index in [-0.39, 0.29) is 45.3 Å². The van der Waals surface area contributed by atoms with Gasteiger partial charge in [-0.05, 0) is 41.5 Å². The quantitative estimate of drug-likeness (QED) is 0.0939. The van der Waals surface area contributed by atoms with Gasteiger partial charge in [0, 0.05) is 11.1 Å². The van der Waals surface area contributed by atoms with Crippen LogP contribution in [0, 0.1) is 5.82 Å². The van der Waals surface area contributed by atoms with Gasteiger partial charge in [0.2, 0.25) is 16.7 Å². The van der Waals surface area contributed by atoms with E-state index < -0.39 is 23.5 Å². The first-order chi connectivity index (χ1) is 22.3. The summed E-state index contributed by atoms with van der Waals surface area (Å²) in [6.45, 7) is 0. The number of benzene rings is 3. The van der Waals surface area contributed by atoms with Crippen LogP contribution in [0.2, 0.25) is 0 Å². The molecule has 3 heterocycles. The maximum atomic E-state index is 14.2. The number of aromatic nitrogens is 2. The van der Waals surface area contributed by atoms with Crippen molar-refractivity contribution in [3.05, 3.63) is 94.7 Å². The zero-order valence-corrected chi connectivity index (χ0v) is 26.5. The first kappa shape index (κ1) is 30.9. The van der Waals surface area contributed by atoms with Crippen LogP contribution in [0.3, 0.4) is 0 Å². The molecule has 11 nitrogen and oxygen atoms in total. The molecule has 0 spiro atoms. The molecule has 0 radical (unpaired) electrons. The molecule has 46 heavy (non-hydrogen) atoms. The Labute approximate surface area is 270 Å². The minimum atomic E-state index is -1.21. The van der Waals surface area contributed by atoms with E-state index in [0.717, 1.165) is 11.3 Å². The van der Waals surface area contributed by atoms with E-state index in [9.17, 15) is 19.1 Å². The van der Waals surface area contributed by atoms with E-state index >= 15 is 0 Å². The molecular weight excluding hydrogens is 637 g/mol. The largest absolute Gasteiger partial charge is 0.503 e. The number of halogens is 1. The van der Waals surface area contributed by atoms with E-state index in [4.69, 9.17) is 23.4 Å². The predicted molar refractivity (Wildman–Crippen MR) is 169 cm³/mol. The molecule has 1 amide bonds. The highest BCUT2D eigenvalue weighted by molar-refractivity contribution is 8.00. The normalized spacial score (nSPS) is 14.7. The van der Waals surface area contributed by atoms with Gasteiger partial charge in [0.25, 0.3) is 5.91 Å². The molecule has 0 bridgehead atoms. The number of ketones is 1. The van der Waals surface area contributed by atoms with E-state index in [0.29, 0.717) is 32.2 Å². The number of furan rings is 1. The van der Waals surface area contributed by atoms with Crippen molar-refractivity contribution in [3.63, 3.8) is 0 Å². The molecule has 2 aromatic heterocycles. The molecule has 6 rings (SSSR count). The van der Waals surface area contributed by atoms with Crippen LogP contribution >= 0.6 is 23.1 Å². The summed E-state index contributed by atoms with van der Waals surface area (Å²) in [7, 11) is 5.79. The number of methoxy groups -OCH3 is 4. The Morgan fingerprint density at radius 3 is 2.37 bits per heavy atom. The number of aliphatic hydroxyl groups excluding tert-OH is 1. The summed E-state index contributed by atoms with van der Waals surface area (Å²) in [6.07, 6.45) is 0. The van der Waals surface area contributed by atoms with Crippen molar-refractivity contribution >= 4 is 50.9 Å². The summed E-state index contributed by atoms with van der Waals surface area (Å²) in [6, 6.07) is 15.0. The van der Waals surface area contributed by atoms with Crippen molar-refractivity contribution in [2.45, 2.75) is 16.1 Å². The van der Waals surface area contributed by atoms with Gasteiger partial charge in [-0.1, -0.05) is 53.4 Å². The summed E-state index contributed by atoms with van der Waals surface area (Å²) < 4.78 is 42.5. The Kier molecular flexibility index (Phi) is 8.56. The van der Waals surface area contributed by atoms with Gasteiger partial charge in [-0.3, -0.25) is 14.5 Å². The van der Waals surface area contributed by atoms with Crippen LogP contribution in [0.1, 0.15) is 27.7 Å². The molecule has 5 aromatic rings. The van der Waals surface area contributed by atoms with Crippen LogP contribution < -0.4 is 23.8 Å². The zero-order chi connectivity index (χ0) is 32.5.